The van der Waals surface area contributed by atoms with Crippen LogP contribution in [0.3, 0.4) is 0 Å². The average molecular weight is 319 g/mol. The van der Waals surface area contributed by atoms with Crippen molar-refractivity contribution in [2.24, 2.45) is 0 Å². The molecule has 0 spiro atoms. The molecule has 0 unspecified atom stereocenters. The van der Waals surface area contributed by atoms with Gasteiger partial charge in [0.25, 0.3) is 0 Å². The van der Waals surface area contributed by atoms with Gasteiger partial charge in [0.2, 0.25) is 0 Å². The second-order valence-corrected chi connectivity index (χ2v) is 6.04. The standard InChI is InChI=1S/C17H21NO5/c1-4-12-13(14-15(21-12)23-17(2,3)22-14)18-16(19)20-10-11-8-6-5-7-9-11/h4-9,12-15H,1,10H2,2-3H3,(H,18,19)/t12-,13-,14-,15-/m1/s1. The van der Waals surface area contributed by atoms with E-state index in [1.54, 1.807) is 6.08 Å². The molecule has 1 aromatic carbocycles. The first-order valence-electron chi connectivity index (χ1n) is 7.59. The number of amides is 1. The van der Waals surface area contributed by atoms with Crippen molar-refractivity contribution < 1.29 is 23.7 Å². The van der Waals surface area contributed by atoms with Gasteiger partial charge in [0.05, 0.1) is 6.04 Å². The van der Waals surface area contributed by atoms with E-state index in [-0.39, 0.29) is 12.7 Å². The van der Waals surface area contributed by atoms with Crippen LogP contribution in [0, 0.1) is 0 Å². The SMILES string of the molecule is C=C[C@H]1O[C@@H]2OC(C)(C)O[C@@H]2[C@@H]1NC(=O)OCc1ccccc1. The summed E-state index contributed by atoms with van der Waals surface area (Å²) in [5.74, 6) is -0.741. The van der Waals surface area contributed by atoms with Crippen molar-refractivity contribution in [2.75, 3.05) is 0 Å². The van der Waals surface area contributed by atoms with E-state index >= 15 is 0 Å². The predicted molar refractivity (Wildman–Crippen MR) is 82.4 cm³/mol. The lowest BCUT2D eigenvalue weighted by molar-refractivity contribution is -0.202. The molecule has 1 amide bonds. The summed E-state index contributed by atoms with van der Waals surface area (Å²) in [6.45, 7) is 7.55. The predicted octanol–water partition coefficient (Wildman–Crippen LogP) is 2.34. The monoisotopic (exact) mass is 319 g/mol. The number of carbonyl (C=O) groups excluding carboxylic acids is 1. The number of benzene rings is 1. The summed E-state index contributed by atoms with van der Waals surface area (Å²) in [5.41, 5.74) is 0.921. The molecular weight excluding hydrogens is 298 g/mol. The molecule has 124 valence electrons. The third kappa shape index (κ3) is 3.55. The van der Waals surface area contributed by atoms with Gasteiger partial charge in [-0.05, 0) is 19.4 Å². The minimum Gasteiger partial charge on any atom is -0.445 e. The minimum atomic E-state index is -0.741. The van der Waals surface area contributed by atoms with Gasteiger partial charge in [0.15, 0.2) is 12.1 Å². The van der Waals surface area contributed by atoms with Crippen LogP contribution < -0.4 is 5.32 Å². The van der Waals surface area contributed by atoms with Gasteiger partial charge in [-0.2, -0.15) is 0 Å². The summed E-state index contributed by atoms with van der Waals surface area (Å²) in [7, 11) is 0. The van der Waals surface area contributed by atoms with Crippen LogP contribution in [0.5, 0.6) is 0 Å². The topological polar surface area (TPSA) is 66.0 Å². The van der Waals surface area contributed by atoms with E-state index in [1.165, 1.54) is 0 Å². The quantitative estimate of drug-likeness (QED) is 0.863. The second-order valence-electron chi connectivity index (χ2n) is 6.04. The van der Waals surface area contributed by atoms with E-state index in [1.807, 2.05) is 44.2 Å². The fourth-order valence-corrected chi connectivity index (χ4v) is 2.80. The summed E-state index contributed by atoms with van der Waals surface area (Å²) in [6.07, 6.45) is -0.196. The van der Waals surface area contributed by atoms with Gasteiger partial charge in [-0.3, -0.25) is 0 Å². The smallest absolute Gasteiger partial charge is 0.407 e. The molecule has 23 heavy (non-hydrogen) atoms. The number of hydrogen-bond donors (Lipinski definition) is 1. The maximum atomic E-state index is 12.1. The van der Waals surface area contributed by atoms with Crippen LogP contribution in [-0.2, 0) is 25.6 Å². The molecular formula is C17H21NO5. The molecule has 6 heteroatoms. The Morgan fingerprint density at radius 2 is 2.09 bits per heavy atom. The van der Waals surface area contributed by atoms with Gasteiger partial charge in [-0.25, -0.2) is 4.79 Å². The average Bonchev–Trinajstić information content (AvgIpc) is 2.99. The largest absolute Gasteiger partial charge is 0.445 e. The maximum absolute atomic E-state index is 12.1. The van der Waals surface area contributed by atoms with Crippen molar-refractivity contribution in [2.45, 2.75) is 50.8 Å². The van der Waals surface area contributed by atoms with Crippen LogP contribution in [0.25, 0.3) is 0 Å². The zero-order valence-corrected chi connectivity index (χ0v) is 13.2. The fourth-order valence-electron chi connectivity index (χ4n) is 2.80. The van der Waals surface area contributed by atoms with Crippen LogP contribution in [0.2, 0.25) is 0 Å². The number of hydrogen-bond acceptors (Lipinski definition) is 5. The normalized spacial score (nSPS) is 31.4. The Hall–Kier alpha value is -1.89. The highest BCUT2D eigenvalue weighted by molar-refractivity contribution is 5.68. The van der Waals surface area contributed by atoms with Crippen LogP contribution in [0.15, 0.2) is 43.0 Å². The van der Waals surface area contributed by atoms with Gasteiger partial charge in [-0.1, -0.05) is 36.4 Å². The number of fused-ring (bicyclic) bond motifs is 1. The number of alkyl carbamates (subject to hydrolysis) is 1. The Balaban J connectivity index is 1.59. The highest BCUT2D eigenvalue weighted by atomic mass is 16.8. The Bertz CT molecular complexity index is 574. The van der Waals surface area contributed by atoms with Crippen LogP contribution in [-0.4, -0.2) is 36.4 Å². The van der Waals surface area contributed by atoms with Crippen LogP contribution in [0.4, 0.5) is 4.79 Å². The molecule has 2 heterocycles. The van der Waals surface area contributed by atoms with Crippen molar-refractivity contribution in [1.82, 2.24) is 5.32 Å². The molecule has 0 aliphatic carbocycles. The van der Waals surface area contributed by atoms with E-state index in [9.17, 15) is 4.79 Å². The van der Waals surface area contributed by atoms with Gasteiger partial charge < -0.3 is 24.3 Å². The Morgan fingerprint density at radius 1 is 1.35 bits per heavy atom. The van der Waals surface area contributed by atoms with Crippen molar-refractivity contribution in [3.8, 4) is 0 Å². The molecule has 1 N–H and O–H groups in total. The molecule has 0 aromatic heterocycles. The molecule has 0 bridgehead atoms. The first kappa shape index (κ1) is 16.0. The molecule has 0 radical (unpaired) electrons. The maximum Gasteiger partial charge on any atom is 0.407 e. The molecule has 2 aliphatic rings. The van der Waals surface area contributed by atoms with Gasteiger partial charge in [-0.15, -0.1) is 6.58 Å². The van der Waals surface area contributed by atoms with Crippen molar-refractivity contribution in [1.29, 1.82) is 0 Å². The zero-order valence-electron chi connectivity index (χ0n) is 13.2. The molecule has 4 atom stereocenters. The molecule has 0 saturated carbocycles. The lowest BCUT2D eigenvalue weighted by Gasteiger charge is -2.24. The van der Waals surface area contributed by atoms with Crippen LogP contribution >= 0.6 is 0 Å². The lowest BCUT2D eigenvalue weighted by atomic mass is 10.1. The summed E-state index contributed by atoms with van der Waals surface area (Å²) < 4.78 is 22.4. The van der Waals surface area contributed by atoms with Gasteiger partial charge in [0.1, 0.15) is 18.8 Å². The van der Waals surface area contributed by atoms with Gasteiger partial charge >= 0.3 is 6.09 Å². The first-order chi connectivity index (χ1) is 11.0. The zero-order chi connectivity index (χ0) is 16.4. The van der Waals surface area contributed by atoms with Crippen molar-refractivity contribution in [3.63, 3.8) is 0 Å². The van der Waals surface area contributed by atoms with Crippen molar-refractivity contribution >= 4 is 6.09 Å². The number of carbonyl (C=O) groups is 1. The van der Waals surface area contributed by atoms with E-state index < -0.39 is 30.3 Å². The van der Waals surface area contributed by atoms with E-state index in [0.29, 0.717) is 0 Å². The summed E-state index contributed by atoms with van der Waals surface area (Å²) in [6, 6.07) is 9.09. The first-order valence-corrected chi connectivity index (χ1v) is 7.59. The Kier molecular flexibility index (Phi) is 4.39. The fraction of sp³-hybridized carbons (Fsp3) is 0.471. The highest BCUT2D eigenvalue weighted by Crippen LogP contribution is 2.37. The highest BCUT2D eigenvalue weighted by Gasteiger charge is 2.54. The van der Waals surface area contributed by atoms with E-state index in [0.717, 1.165) is 5.56 Å². The molecule has 2 aliphatic heterocycles. The van der Waals surface area contributed by atoms with E-state index in [2.05, 4.69) is 11.9 Å². The molecule has 2 fully saturated rings. The number of rotatable bonds is 4. The Morgan fingerprint density at radius 3 is 2.78 bits per heavy atom. The molecule has 2 saturated heterocycles. The van der Waals surface area contributed by atoms with E-state index in [4.69, 9.17) is 18.9 Å². The number of nitrogens with one attached hydrogen (secondary N) is 1. The third-order valence-electron chi connectivity index (χ3n) is 3.82. The third-order valence-corrected chi connectivity index (χ3v) is 3.82. The summed E-state index contributed by atoms with van der Waals surface area (Å²) in [4.78, 5) is 12.1. The molecule has 3 rings (SSSR count). The molecule has 6 nitrogen and oxygen atoms in total. The Labute approximate surface area is 135 Å². The summed E-state index contributed by atoms with van der Waals surface area (Å²) >= 11 is 0. The lowest BCUT2D eigenvalue weighted by Crippen LogP contribution is -2.47. The number of ether oxygens (including phenoxy) is 4. The molecule has 1 aromatic rings. The van der Waals surface area contributed by atoms with Crippen molar-refractivity contribution in [3.05, 3.63) is 48.6 Å². The second kappa shape index (κ2) is 6.31. The minimum absolute atomic E-state index is 0.204. The van der Waals surface area contributed by atoms with Gasteiger partial charge in [0, 0.05) is 0 Å². The van der Waals surface area contributed by atoms with Crippen LogP contribution in [0.1, 0.15) is 19.4 Å². The summed E-state index contributed by atoms with van der Waals surface area (Å²) in [5, 5.41) is 2.80.